The molecule has 2 heteroatoms. The Bertz CT molecular complexity index is 381. The normalized spacial score (nSPS) is 11.2. The van der Waals surface area contributed by atoms with Crippen molar-refractivity contribution in [2.45, 2.75) is 50.6 Å². The standard InChI is InChI=1S/C16H23NS/c1-5-6-7-12-18-15-10-8-14(9-11-15)13-17-16(2,3)4/h1,8-11,17H,6-7,12-13H2,2-4H3. The number of hydrogen-bond donors (Lipinski definition) is 1. The highest BCUT2D eigenvalue weighted by atomic mass is 32.2. The Balaban J connectivity index is 2.36. The lowest BCUT2D eigenvalue weighted by atomic mass is 10.1. The van der Waals surface area contributed by atoms with Gasteiger partial charge in [-0.3, -0.25) is 0 Å². The van der Waals surface area contributed by atoms with Gasteiger partial charge in [-0.05, 0) is 50.6 Å². The molecule has 1 aromatic carbocycles. The highest BCUT2D eigenvalue weighted by molar-refractivity contribution is 7.99. The second kappa shape index (κ2) is 7.51. The minimum Gasteiger partial charge on any atom is -0.308 e. The van der Waals surface area contributed by atoms with Gasteiger partial charge in [-0.25, -0.2) is 0 Å². The average Bonchev–Trinajstić information content (AvgIpc) is 2.33. The van der Waals surface area contributed by atoms with Crippen LogP contribution in [-0.4, -0.2) is 11.3 Å². The Morgan fingerprint density at radius 3 is 2.44 bits per heavy atom. The maximum Gasteiger partial charge on any atom is 0.0210 e. The zero-order valence-electron chi connectivity index (χ0n) is 11.6. The molecule has 0 unspecified atom stereocenters. The molecular weight excluding hydrogens is 238 g/mol. The van der Waals surface area contributed by atoms with Gasteiger partial charge in [-0.1, -0.05) is 12.1 Å². The van der Waals surface area contributed by atoms with Gasteiger partial charge >= 0.3 is 0 Å². The van der Waals surface area contributed by atoms with Crippen molar-refractivity contribution in [1.82, 2.24) is 5.32 Å². The molecule has 0 spiro atoms. The molecular formula is C16H23NS. The van der Waals surface area contributed by atoms with Crippen LogP contribution in [0.2, 0.25) is 0 Å². The fourth-order valence-electron chi connectivity index (χ4n) is 1.44. The third-order valence-electron chi connectivity index (χ3n) is 2.48. The summed E-state index contributed by atoms with van der Waals surface area (Å²) >= 11 is 1.88. The quantitative estimate of drug-likeness (QED) is 0.470. The summed E-state index contributed by atoms with van der Waals surface area (Å²) in [6, 6.07) is 8.78. The average molecular weight is 261 g/mol. The van der Waals surface area contributed by atoms with E-state index in [1.807, 2.05) is 11.8 Å². The minimum atomic E-state index is 0.169. The molecule has 1 aromatic rings. The molecule has 0 amide bonds. The SMILES string of the molecule is C#CCCCSc1ccc(CNC(C)(C)C)cc1. The number of nitrogens with one attached hydrogen (secondary N) is 1. The van der Waals surface area contributed by atoms with E-state index in [9.17, 15) is 0 Å². The lowest BCUT2D eigenvalue weighted by molar-refractivity contribution is 0.424. The fourth-order valence-corrected chi connectivity index (χ4v) is 2.29. The molecule has 0 aliphatic heterocycles. The number of thioether (sulfide) groups is 1. The van der Waals surface area contributed by atoms with Crippen molar-refractivity contribution in [3.8, 4) is 12.3 Å². The van der Waals surface area contributed by atoms with Crippen molar-refractivity contribution in [1.29, 1.82) is 0 Å². The van der Waals surface area contributed by atoms with E-state index in [-0.39, 0.29) is 5.54 Å². The van der Waals surface area contributed by atoms with Gasteiger partial charge in [0.2, 0.25) is 0 Å². The first-order valence-electron chi connectivity index (χ1n) is 6.41. The van der Waals surface area contributed by atoms with Gasteiger partial charge in [0.25, 0.3) is 0 Å². The lowest BCUT2D eigenvalue weighted by Crippen LogP contribution is -2.35. The van der Waals surface area contributed by atoms with Gasteiger partial charge in [-0.2, -0.15) is 0 Å². The number of hydrogen-bond acceptors (Lipinski definition) is 2. The van der Waals surface area contributed by atoms with Crippen molar-refractivity contribution in [2.75, 3.05) is 5.75 Å². The summed E-state index contributed by atoms with van der Waals surface area (Å²) in [6.45, 7) is 7.47. The molecule has 0 radical (unpaired) electrons. The van der Waals surface area contributed by atoms with E-state index in [2.05, 4.69) is 56.3 Å². The number of unbranched alkanes of at least 4 members (excludes halogenated alkanes) is 1. The number of terminal acetylenes is 1. The van der Waals surface area contributed by atoms with Crippen LogP contribution in [0.5, 0.6) is 0 Å². The van der Waals surface area contributed by atoms with Crippen LogP contribution >= 0.6 is 11.8 Å². The van der Waals surface area contributed by atoms with E-state index in [1.165, 1.54) is 10.5 Å². The van der Waals surface area contributed by atoms with Crippen molar-refractivity contribution in [3.05, 3.63) is 29.8 Å². The van der Waals surface area contributed by atoms with Crippen LogP contribution in [0.1, 0.15) is 39.2 Å². The molecule has 0 fully saturated rings. The fraction of sp³-hybridized carbons (Fsp3) is 0.500. The van der Waals surface area contributed by atoms with Gasteiger partial charge in [0.05, 0.1) is 0 Å². The Morgan fingerprint density at radius 2 is 1.89 bits per heavy atom. The summed E-state index contributed by atoms with van der Waals surface area (Å²) in [6.07, 6.45) is 7.20. The molecule has 0 bridgehead atoms. The monoisotopic (exact) mass is 261 g/mol. The zero-order valence-corrected chi connectivity index (χ0v) is 12.4. The highest BCUT2D eigenvalue weighted by Crippen LogP contribution is 2.19. The van der Waals surface area contributed by atoms with Crippen LogP contribution in [0.15, 0.2) is 29.2 Å². The van der Waals surface area contributed by atoms with Crippen molar-refractivity contribution >= 4 is 11.8 Å². The minimum absolute atomic E-state index is 0.169. The Kier molecular flexibility index (Phi) is 6.32. The first-order valence-corrected chi connectivity index (χ1v) is 7.40. The molecule has 0 aliphatic rings. The summed E-state index contributed by atoms with van der Waals surface area (Å²) in [4.78, 5) is 1.33. The highest BCUT2D eigenvalue weighted by Gasteiger charge is 2.07. The van der Waals surface area contributed by atoms with E-state index in [0.29, 0.717) is 0 Å². The largest absolute Gasteiger partial charge is 0.308 e. The first-order chi connectivity index (χ1) is 8.51. The summed E-state index contributed by atoms with van der Waals surface area (Å²) in [5.74, 6) is 3.77. The van der Waals surface area contributed by atoms with Crippen LogP contribution in [0.4, 0.5) is 0 Å². The molecule has 18 heavy (non-hydrogen) atoms. The van der Waals surface area contributed by atoms with E-state index in [1.54, 1.807) is 0 Å². The molecule has 0 heterocycles. The van der Waals surface area contributed by atoms with E-state index < -0.39 is 0 Å². The molecule has 0 saturated carbocycles. The molecule has 1 rings (SSSR count). The molecule has 1 N–H and O–H groups in total. The van der Waals surface area contributed by atoms with Crippen LogP contribution in [0.25, 0.3) is 0 Å². The van der Waals surface area contributed by atoms with Crippen molar-refractivity contribution in [3.63, 3.8) is 0 Å². The van der Waals surface area contributed by atoms with Crippen molar-refractivity contribution < 1.29 is 0 Å². The summed E-state index contributed by atoms with van der Waals surface area (Å²) in [7, 11) is 0. The van der Waals surface area contributed by atoms with Crippen molar-refractivity contribution in [2.24, 2.45) is 0 Å². The molecule has 0 saturated heterocycles. The summed E-state index contributed by atoms with van der Waals surface area (Å²) in [5.41, 5.74) is 1.50. The van der Waals surface area contributed by atoms with Crippen LogP contribution in [0.3, 0.4) is 0 Å². The van der Waals surface area contributed by atoms with E-state index in [4.69, 9.17) is 6.42 Å². The third kappa shape index (κ3) is 6.74. The van der Waals surface area contributed by atoms with Gasteiger partial charge in [-0.15, -0.1) is 24.1 Å². The molecule has 0 aliphatic carbocycles. The lowest BCUT2D eigenvalue weighted by Gasteiger charge is -2.20. The number of rotatable bonds is 6. The predicted molar refractivity (Wildman–Crippen MR) is 81.8 cm³/mol. The van der Waals surface area contributed by atoms with Crippen LogP contribution in [0, 0.1) is 12.3 Å². The number of benzene rings is 1. The maximum absolute atomic E-state index is 5.23. The van der Waals surface area contributed by atoms with Crippen LogP contribution < -0.4 is 5.32 Å². The summed E-state index contributed by atoms with van der Waals surface area (Å²) in [5, 5.41) is 3.49. The van der Waals surface area contributed by atoms with Gasteiger partial charge in [0, 0.05) is 23.4 Å². The Morgan fingerprint density at radius 1 is 1.22 bits per heavy atom. The maximum atomic E-state index is 5.23. The second-order valence-electron chi connectivity index (χ2n) is 5.40. The first kappa shape index (κ1) is 15.1. The van der Waals surface area contributed by atoms with Crippen LogP contribution in [-0.2, 0) is 6.54 Å². The summed E-state index contributed by atoms with van der Waals surface area (Å²) < 4.78 is 0. The molecule has 0 atom stereocenters. The topological polar surface area (TPSA) is 12.0 Å². The van der Waals surface area contributed by atoms with Gasteiger partial charge in [0.15, 0.2) is 0 Å². The predicted octanol–water partition coefficient (Wildman–Crippen LogP) is 4.08. The second-order valence-corrected chi connectivity index (χ2v) is 6.57. The Labute approximate surface area is 116 Å². The zero-order chi connectivity index (χ0) is 13.4. The van der Waals surface area contributed by atoms with E-state index >= 15 is 0 Å². The Hall–Kier alpha value is -0.910. The molecule has 98 valence electrons. The van der Waals surface area contributed by atoms with Gasteiger partial charge < -0.3 is 5.32 Å². The molecule has 0 aromatic heterocycles. The van der Waals surface area contributed by atoms with Gasteiger partial charge in [0.1, 0.15) is 0 Å². The van der Waals surface area contributed by atoms with E-state index in [0.717, 1.165) is 25.1 Å². The third-order valence-corrected chi connectivity index (χ3v) is 3.58. The smallest absolute Gasteiger partial charge is 0.0210 e. The molecule has 1 nitrogen and oxygen atoms in total.